The van der Waals surface area contributed by atoms with E-state index in [0.717, 1.165) is 37.7 Å². The van der Waals surface area contributed by atoms with Gasteiger partial charge in [-0.15, -0.1) is 0 Å². The molecule has 0 saturated carbocycles. The first-order valence-electron chi connectivity index (χ1n) is 12.3. The number of halogens is 2. The molecule has 3 aromatic rings. The van der Waals surface area contributed by atoms with E-state index in [0.29, 0.717) is 43.0 Å². The Morgan fingerprint density at radius 1 is 1.14 bits per heavy atom. The van der Waals surface area contributed by atoms with Crippen LogP contribution in [0, 0.1) is 25.5 Å². The second-order valence-electron chi connectivity index (χ2n) is 9.25. The summed E-state index contributed by atoms with van der Waals surface area (Å²) in [5.74, 6) is -0.824. The zero-order valence-corrected chi connectivity index (χ0v) is 20.4. The van der Waals surface area contributed by atoms with Crippen molar-refractivity contribution in [2.75, 3.05) is 19.8 Å². The molecule has 9 heteroatoms. The maximum Gasteiger partial charge on any atom is 0.261 e. The monoisotopic (exact) mass is 497 g/mol. The van der Waals surface area contributed by atoms with Crippen LogP contribution in [0.15, 0.2) is 41.0 Å². The molecule has 2 unspecified atom stereocenters. The van der Waals surface area contributed by atoms with Gasteiger partial charge in [0, 0.05) is 48.0 Å². The number of ether oxygens (including phenoxy) is 3. The van der Waals surface area contributed by atoms with Crippen molar-refractivity contribution in [3.63, 3.8) is 0 Å². The van der Waals surface area contributed by atoms with Crippen molar-refractivity contribution >= 4 is 5.65 Å². The van der Waals surface area contributed by atoms with E-state index in [-0.39, 0.29) is 34.7 Å². The topological polar surface area (TPSA) is 75.0 Å². The summed E-state index contributed by atoms with van der Waals surface area (Å²) in [6.45, 7) is 5.11. The molecule has 2 aromatic heterocycles. The van der Waals surface area contributed by atoms with Gasteiger partial charge in [0.25, 0.3) is 5.56 Å². The second-order valence-corrected chi connectivity index (χ2v) is 9.25. The van der Waals surface area contributed by atoms with Gasteiger partial charge in [0.15, 0.2) is 11.9 Å². The molecule has 2 atom stereocenters. The van der Waals surface area contributed by atoms with Crippen LogP contribution in [0.4, 0.5) is 8.78 Å². The minimum absolute atomic E-state index is 0.0862. The van der Waals surface area contributed by atoms with Crippen LogP contribution in [-0.2, 0) is 14.2 Å². The maximum atomic E-state index is 14.8. The number of benzene rings is 1. The molecule has 4 heterocycles. The molecule has 0 amide bonds. The van der Waals surface area contributed by atoms with E-state index < -0.39 is 11.6 Å². The fourth-order valence-corrected chi connectivity index (χ4v) is 4.59. The molecule has 2 aliphatic rings. The predicted octanol–water partition coefficient (Wildman–Crippen LogP) is 4.97. The number of nitrogens with zero attached hydrogens (tertiary/aromatic N) is 3. The predicted molar refractivity (Wildman–Crippen MR) is 130 cm³/mol. The van der Waals surface area contributed by atoms with E-state index in [4.69, 9.17) is 19.2 Å². The van der Waals surface area contributed by atoms with Crippen LogP contribution < -0.4 is 5.56 Å². The highest BCUT2D eigenvalue weighted by atomic mass is 19.1. The summed E-state index contributed by atoms with van der Waals surface area (Å²) in [7, 11) is 0. The van der Waals surface area contributed by atoms with Gasteiger partial charge in [-0.2, -0.15) is 0 Å². The summed E-state index contributed by atoms with van der Waals surface area (Å²) >= 11 is 0. The van der Waals surface area contributed by atoms with E-state index in [1.54, 1.807) is 20.0 Å². The highest BCUT2D eigenvalue weighted by molar-refractivity contribution is 5.74. The Kier molecular flexibility index (Phi) is 7.11. The SMILES string of the molecule is Cc1nc2c(-c3ccc(F)cc3F)nc(C3C=C(CCOC4CCCCO4)OCC3)cn2c(=O)c1C. The molecule has 190 valence electrons. The third-order valence-corrected chi connectivity index (χ3v) is 6.76. The summed E-state index contributed by atoms with van der Waals surface area (Å²) in [5.41, 5.74) is 1.89. The molecule has 1 aromatic carbocycles. The molecule has 0 radical (unpaired) electrons. The van der Waals surface area contributed by atoms with Gasteiger partial charge in [-0.05, 0) is 57.7 Å². The second kappa shape index (κ2) is 10.4. The molecular weight excluding hydrogens is 468 g/mol. The molecule has 0 spiro atoms. The largest absolute Gasteiger partial charge is 0.498 e. The molecule has 36 heavy (non-hydrogen) atoms. The number of rotatable bonds is 6. The third-order valence-electron chi connectivity index (χ3n) is 6.76. The molecular formula is C27H29F2N3O4. The standard InChI is InChI=1S/C27H29F2N3O4/c1-16-17(2)30-26-25(21-7-6-19(28)14-22(21)29)31-23(15-32(26)27(16)33)18-8-11-34-20(13-18)9-12-36-24-5-3-4-10-35-24/h6-7,13-15,18,24H,3-5,8-12H2,1-2H3. The van der Waals surface area contributed by atoms with Gasteiger partial charge in [-0.1, -0.05) is 0 Å². The smallest absolute Gasteiger partial charge is 0.261 e. The molecule has 0 N–H and O–H groups in total. The first-order chi connectivity index (χ1) is 17.4. The minimum atomic E-state index is -0.765. The average molecular weight is 498 g/mol. The summed E-state index contributed by atoms with van der Waals surface area (Å²) in [6.07, 6.45) is 7.77. The number of allylic oxidation sites excluding steroid dienone is 1. The minimum Gasteiger partial charge on any atom is -0.498 e. The van der Waals surface area contributed by atoms with E-state index >= 15 is 0 Å². The van der Waals surface area contributed by atoms with Gasteiger partial charge >= 0.3 is 0 Å². The number of hydrogen-bond acceptors (Lipinski definition) is 6. The lowest BCUT2D eigenvalue weighted by Crippen LogP contribution is -2.23. The zero-order chi connectivity index (χ0) is 25.2. The normalized spacial score (nSPS) is 20.3. The summed E-state index contributed by atoms with van der Waals surface area (Å²) in [4.78, 5) is 22.4. The Labute approximate surface area is 207 Å². The average Bonchev–Trinajstić information content (AvgIpc) is 2.88. The zero-order valence-electron chi connectivity index (χ0n) is 20.4. The molecule has 7 nitrogen and oxygen atoms in total. The van der Waals surface area contributed by atoms with E-state index in [9.17, 15) is 13.6 Å². The maximum absolute atomic E-state index is 14.8. The van der Waals surface area contributed by atoms with E-state index in [1.807, 2.05) is 6.08 Å². The highest BCUT2D eigenvalue weighted by Crippen LogP contribution is 2.31. The van der Waals surface area contributed by atoms with Crippen LogP contribution in [0.2, 0.25) is 0 Å². The van der Waals surface area contributed by atoms with Crippen LogP contribution in [0.3, 0.4) is 0 Å². The molecule has 0 aliphatic carbocycles. The lowest BCUT2D eigenvalue weighted by Gasteiger charge is -2.25. The lowest BCUT2D eigenvalue weighted by molar-refractivity contribution is -0.162. The van der Waals surface area contributed by atoms with Crippen molar-refractivity contribution in [2.24, 2.45) is 0 Å². The van der Waals surface area contributed by atoms with Crippen molar-refractivity contribution in [3.8, 4) is 11.3 Å². The third kappa shape index (κ3) is 5.03. The highest BCUT2D eigenvalue weighted by Gasteiger charge is 2.23. The van der Waals surface area contributed by atoms with Gasteiger partial charge in [-0.25, -0.2) is 18.7 Å². The van der Waals surface area contributed by atoms with Gasteiger partial charge in [-0.3, -0.25) is 9.20 Å². The van der Waals surface area contributed by atoms with Crippen molar-refractivity contribution in [2.45, 2.75) is 58.2 Å². The fourth-order valence-electron chi connectivity index (χ4n) is 4.59. The molecule has 2 aliphatic heterocycles. The van der Waals surface area contributed by atoms with Gasteiger partial charge in [0.2, 0.25) is 0 Å². The molecule has 5 rings (SSSR count). The summed E-state index contributed by atoms with van der Waals surface area (Å²) in [5, 5.41) is 0. The van der Waals surface area contributed by atoms with Crippen molar-refractivity contribution in [1.82, 2.24) is 14.4 Å². The first-order valence-corrected chi connectivity index (χ1v) is 12.3. The molecule has 1 saturated heterocycles. The summed E-state index contributed by atoms with van der Waals surface area (Å²) < 4.78 is 47.2. The van der Waals surface area contributed by atoms with Crippen molar-refractivity contribution < 1.29 is 23.0 Å². The van der Waals surface area contributed by atoms with E-state index in [2.05, 4.69) is 4.98 Å². The quantitative estimate of drug-likeness (QED) is 0.479. The van der Waals surface area contributed by atoms with Crippen molar-refractivity contribution in [1.29, 1.82) is 0 Å². The number of hydrogen-bond donors (Lipinski definition) is 0. The Morgan fingerprint density at radius 3 is 2.78 bits per heavy atom. The number of aromatic nitrogens is 3. The van der Waals surface area contributed by atoms with Crippen LogP contribution >= 0.6 is 0 Å². The molecule has 1 fully saturated rings. The first kappa shape index (κ1) is 24.5. The summed E-state index contributed by atoms with van der Waals surface area (Å²) in [6, 6.07) is 3.31. The molecule has 0 bridgehead atoms. The van der Waals surface area contributed by atoms with Crippen LogP contribution in [0.5, 0.6) is 0 Å². The number of fused-ring (bicyclic) bond motifs is 1. The Morgan fingerprint density at radius 2 is 2.00 bits per heavy atom. The fraction of sp³-hybridized carbons (Fsp3) is 0.444. The van der Waals surface area contributed by atoms with Crippen LogP contribution in [-0.4, -0.2) is 40.5 Å². The van der Waals surface area contributed by atoms with Gasteiger partial charge in [0.1, 0.15) is 17.3 Å². The van der Waals surface area contributed by atoms with Crippen LogP contribution in [0.1, 0.15) is 55.0 Å². The Hall–Kier alpha value is -3.17. The van der Waals surface area contributed by atoms with Gasteiger partial charge in [0.05, 0.1) is 24.7 Å². The van der Waals surface area contributed by atoms with Crippen LogP contribution in [0.25, 0.3) is 16.9 Å². The lowest BCUT2D eigenvalue weighted by atomic mass is 9.98. The van der Waals surface area contributed by atoms with E-state index in [1.165, 1.54) is 16.5 Å². The Balaban J connectivity index is 1.50. The number of aryl methyl sites for hydroxylation is 1. The van der Waals surface area contributed by atoms with Crippen molar-refractivity contribution in [3.05, 3.63) is 75.2 Å². The Bertz CT molecular complexity index is 1370. The van der Waals surface area contributed by atoms with Gasteiger partial charge < -0.3 is 14.2 Å².